The molecule has 24 heavy (non-hydrogen) atoms. The highest BCUT2D eigenvalue weighted by Crippen LogP contribution is 2.23. The first-order valence-corrected chi connectivity index (χ1v) is 7.03. The summed E-state index contributed by atoms with van der Waals surface area (Å²) in [6, 6.07) is 8.01. The molecular weight excluding hydrogens is 314 g/mol. The average Bonchev–Trinajstić information content (AvgIpc) is 3.10. The molecule has 0 saturated carbocycles. The quantitative estimate of drug-likeness (QED) is 0.432. The Labute approximate surface area is 138 Å². The third-order valence-electron chi connectivity index (χ3n) is 3.13. The first-order valence-electron chi connectivity index (χ1n) is 7.03. The summed E-state index contributed by atoms with van der Waals surface area (Å²) in [6.45, 7) is 1.68. The molecule has 1 aromatic heterocycles. The number of nitrogens with zero attached hydrogens (tertiary/aromatic N) is 1. The molecule has 8 nitrogen and oxygen atoms in total. The van der Waals surface area contributed by atoms with Crippen LogP contribution in [0.4, 0.5) is 0 Å². The number of nitrogens with one attached hydrogen (secondary N) is 2. The van der Waals surface area contributed by atoms with Gasteiger partial charge >= 0.3 is 11.8 Å². The molecule has 2 rings (SSSR count). The van der Waals surface area contributed by atoms with Crippen LogP contribution in [0.15, 0.2) is 46.1 Å². The van der Waals surface area contributed by atoms with Gasteiger partial charge in [-0.25, -0.2) is 5.43 Å². The number of rotatable bonds is 5. The predicted molar refractivity (Wildman–Crippen MR) is 85.6 cm³/mol. The van der Waals surface area contributed by atoms with Crippen molar-refractivity contribution >= 4 is 17.5 Å². The summed E-state index contributed by atoms with van der Waals surface area (Å²) in [6.07, 6.45) is 1.47. The normalized spacial score (nSPS) is 11.0. The van der Waals surface area contributed by atoms with Gasteiger partial charge in [0.1, 0.15) is 17.3 Å². The van der Waals surface area contributed by atoms with Gasteiger partial charge in [0, 0.05) is 11.6 Å². The van der Waals surface area contributed by atoms with Crippen LogP contribution in [-0.2, 0) is 16.1 Å². The molecule has 1 aromatic carbocycles. The summed E-state index contributed by atoms with van der Waals surface area (Å²) in [7, 11) is 1.48. The third kappa shape index (κ3) is 4.35. The van der Waals surface area contributed by atoms with Gasteiger partial charge in [0.25, 0.3) is 0 Å². The van der Waals surface area contributed by atoms with Crippen molar-refractivity contribution in [3.8, 4) is 11.5 Å². The molecule has 0 atom stereocenters. The van der Waals surface area contributed by atoms with E-state index in [4.69, 9.17) is 9.15 Å². The number of ether oxygens (including phenoxy) is 1. The van der Waals surface area contributed by atoms with Gasteiger partial charge in [-0.2, -0.15) is 5.10 Å². The van der Waals surface area contributed by atoms with Crippen LogP contribution in [0.1, 0.15) is 18.2 Å². The minimum Gasteiger partial charge on any atom is -0.507 e. The lowest BCUT2D eigenvalue weighted by Crippen LogP contribution is -2.37. The third-order valence-corrected chi connectivity index (χ3v) is 3.13. The van der Waals surface area contributed by atoms with Gasteiger partial charge in [-0.15, -0.1) is 0 Å². The van der Waals surface area contributed by atoms with Crippen LogP contribution < -0.4 is 15.5 Å². The Morgan fingerprint density at radius 2 is 2.08 bits per heavy atom. The van der Waals surface area contributed by atoms with E-state index in [0.29, 0.717) is 22.8 Å². The Hall–Kier alpha value is -3.29. The zero-order chi connectivity index (χ0) is 17.5. The molecule has 8 heteroatoms. The Morgan fingerprint density at radius 1 is 1.29 bits per heavy atom. The zero-order valence-corrected chi connectivity index (χ0v) is 13.2. The molecule has 2 amide bonds. The van der Waals surface area contributed by atoms with E-state index in [0.717, 1.165) is 0 Å². The second-order valence-electron chi connectivity index (χ2n) is 4.78. The van der Waals surface area contributed by atoms with Crippen LogP contribution in [0.2, 0.25) is 0 Å². The standard InChI is InChI=1S/C16H17N3O5/c1-10(13-6-5-11(23-2)8-14(13)20)18-19-16(22)15(21)17-9-12-4-3-7-24-12/h3-8,20H,9H2,1-2H3,(H,17,21)(H,19,22)/b18-10+. The van der Waals surface area contributed by atoms with Crippen molar-refractivity contribution in [3.63, 3.8) is 0 Å². The molecule has 3 N–H and O–H groups in total. The van der Waals surface area contributed by atoms with E-state index in [9.17, 15) is 14.7 Å². The average molecular weight is 331 g/mol. The van der Waals surface area contributed by atoms with Gasteiger partial charge in [-0.05, 0) is 31.2 Å². The Balaban J connectivity index is 1.93. The molecule has 0 bridgehead atoms. The van der Waals surface area contributed by atoms with E-state index in [1.807, 2.05) is 0 Å². The van der Waals surface area contributed by atoms with Gasteiger partial charge < -0.3 is 19.6 Å². The summed E-state index contributed by atoms with van der Waals surface area (Å²) in [4.78, 5) is 23.3. The first-order chi connectivity index (χ1) is 11.5. The van der Waals surface area contributed by atoms with E-state index in [1.54, 1.807) is 31.2 Å². The first kappa shape index (κ1) is 17.1. The minimum absolute atomic E-state index is 0.0490. The fraction of sp³-hybridized carbons (Fsp3) is 0.188. The van der Waals surface area contributed by atoms with Crippen molar-refractivity contribution in [2.75, 3.05) is 7.11 Å². The van der Waals surface area contributed by atoms with Gasteiger partial charge in [-0.1, -0.05) is 0 Å². The van der Waals surface area contributed by atoms with Gasteiger partial charge in [0.05, 0.1) is 25.6 Å². The predicted octanol–water partition coefficient (Wildman–Crippen LogP) is 1.15. The highest BCUT2D eigenvalue weighted by atomic mass is 16.5. The van der Waals surface area contributed by atoms with Crippen molar-refractivity contribution in [2.45, 2.75) is 13.5 Å². The molecule has 0 spiro atoms. The number of furan rings is 1. The fourth-order valence-corrected chi connectivity index (χ4v) is 1.85. The molecule has 126 valence electrons. The molecule has 0 radical (unpaired) electrons. The van der Waals surface area contributed by atoms with Crippen LogP contribution in [-0.4, -0.2) is 29.7 Å². The summed E-state index contributed by atoms with van der Waals surface area (Å²) in [5.41, 5.74) is 2.88. The lowest BCUT2D eigenvalue weighted by atomic mass is 10.1. The van der Waals surface area contributed by atoms with Crippen LogP contribution in [0.5, 0.6) is 11.5 Å². The van der Waals surface area contributed by atoms with E-state index in [1.165, 1.54) is 19.4 Å². The van der Waals surface area contributed by atoms with Crippen LogP contribution in [0.25, 0.3) is 0 Å². The van der Waals surface area contributed by atoms with Crippen LogP contribution in [0.3, 0.4) is 0 Å². The topological polar surface area (TPSA) is 113 Å². The molecule has 0 saturated heterocycles. The number of hydrogen-bond donors (Lipinski definition) is 3. The number of hydrazone groups is 1. The molecule has 2 aromatic rings. The number of benzene rings is 1. The minimum atomic E-state index is -0.922. The maximum Gasteiger partial charge on any atom is 0.329 e. The van der Waals surface area contributed by atoms with E-state index < -0.39 is 11.8 Å². The Kier molecular flexibility index (Phi) is 5.56. The number of hydrogen-bond acceptors (Lipinski definition) is 6. The van der Waals surface area contributed by atoms with E-state index in [2.05, 4.69) is 15.8 Å². The molecular formula is C16H17N3O5. The summed E-state index contributed by atoms with van der Waals surface area (Å²) >= 11 is 0. The SMILES string of the molecule is COc1ccc(/C(C)=N/NC(=O)C(=O)NCc2ccco2)c(O)c1. The van der Waals surface area contributed by atoms with Crippen molar-refractivity contribution < 1.29 is 23.8 Å². The van der Waals surface area contributed by atoms with Crippen molar-refractivity contribution in [1.82, 2.24) is 10.7 Å². The Morgan fingerprint density at radius 3 is 2.71 bits per heavy atom. The lowest BCUT2D eigenvalue weighted by molar-refractivity contribution is -0.139. The van der Waals surface area contributed by atoms with Gasteiger partial charge in [0.2, 0.25) is 0 Å². The fourth-order valence-electron chi connectivity index (χ4n) is 1.85. The smallest absolute Gasteiger partial charge is 0.329 e. The lowest BCUT2D eigenvalue weighted by Gasteiger charge is -2.07. The Bertz CT molecular complexity index is 753. The molecule has 0 aliphatic heterocycles. The van der Waals surface area contributed by atoms with E-state index in [-0.39, 0.29) is 12.3 Å². The summed E-state index contributed by atoms with van der Waals surface area (Å²) in [5.74, 6) is -0.799. The largest absolute Gasteiger partial charge is 0.507 e. The highest BCUT2D eigenvalue weighted by Gasteiger charge is 2.13. The van der Waals surface area contributed by atoms with Crippen molar-refractivity contribution in [3.05, 3.63) is 47.9 Å². The number of methoxy groups -OCH3 is 1. The second-order valence-corrected chi connectivity index (χ2v) is 4.78. The summed E-state index contributed by atoms with van der Waals surface area (Å²) < 4.78 is 10.0. The van der Waals surface area contributed by atoms with Gasteiger partial charge in [0.15, 0.2) is 0 Å². The zero-order valence-electron chi connectivity index (χ0n) is 13.2. The molecule has 0 aliphatic carbocycles. The number of phenolic OH excluding ortho intramolecular Hbond substituents is 1. The number of carbonyl (C=O) groups excluding carboxylic acids is 2. The number of phenols is 1. The van der Waals surface area contributed by atoms with Crippen LogP contribution >= 0.6 is 0 Å². The monoisotopic (exact) mass is 331 g/mol. The maximum absolute atomic E-state index is 11.7. The number of carbonyl (C=O) groups is 2. The van der Waals surface area contributed by atoms with Crippen LogP contribution in [0, 0.1) is 0 Å². The summed E-state index contributed by atoms with van der Waals surface area (Å²) in [5, 5.41) is 16.1. The van der Waals surface area contributed by atoms with E-state index >= 15 is 0 Å². The van der Waals surface area contributed by atoms with Crippen molar-refractivity contribution in [1.29, 1.82) is 0 Å². The van der Waals surface area contributed by atoms with Crippen molar-refractivity contribution in [2.24, 2.45) is 5.10 Å². The highest BCUT2D eigenvalue weighted by molar-refractivity contribution is 6.35. The number of aromatic hydroxyl groups is 1. The molecule has 0 unspecified atom stereocenters. The second kappa shape index (κ2) is 7.82. The number of amides is 2. The molecule has 0 aliphatic rings. The van der Waals surface area contributed by atoms with Gasteiger partial charge in [-0.3, -0.25) is 9.59 Å². The molecule has 1 heterocycles. The maximum atomic E-state index is 11.7. The molecule has 0 fully saturated rings.